The summed E-state index contributed by atoms with van der Waals surface area (Å²) < 4.78 is 10.2. The Bertz CT molecular complexity index is 678. The van der Waals surface area contributed by atoms with E-state index in [1.54, 1.807) is 6.92 Å². The third-order valence-electron chi connectivity index (χ3n) is 4.16. The van der Waals surface area contributed by atoms with Gasteiger partial charge in [0.15, 0.2) is 0 Å². The molecule has 1 aliphatic heterocycles. The largest absolute Gasteiger partial charge is 0.494 e. The molecule has 9 nitrogen and oxygen atoms in total. The Morgan fingerprint density at radius 1 is 1.42 bits per heavy atom. The Labute approximate surface area is 151 Å². The first-order chi connectivity index (χ1) is 12.4. The lowest BCUT2D eigenvalue weighted by Crippen LogP contribution is -2.43. The van der Waals surface area contributed by atoms with Gasteiger partial charge in [-0.1, -0.05) is 0 Å². The number of likely N-dealkylation sites (tertiary alicyclic amines) is 1. The first kappa shape index (κ1) is 19.6. The van der Waals surface area contributed by atoms with Gasteiger partial charge >= 0.3 is 5.97 Å². The highest BCUT2D eigenvalue weighted by atomic mass is 16.6. The molecule has 1 N–H and O–H groups in total. The number of piperidine rings is 1. The minimum Gasteiger partial charge on any atom is -0.494 e. The number of hydrogen-bond acceptors (Lipinski definition) is 7. The van der Waals surface area contributed by atoms with Crippen LogP contribution in [0.25, 0.3) is 0 Å². The highest BCUT2D eigenvalue weighted by molar-refractivity contribution is 5.94. The maximum atomic E-state index is 12.3. The van der Waals surface area contributed by atoms with E-state index < -0.39 is 4.92 Å². The molecule has 1 heterocycles. The zero-order valence-electron chi connectivity index (χ0n) is 14.9. The van der Waals surface area contributed by atoms with Crippen LogP contribution in [0.15, 0.2) is 18.2 Å². The highest BCUT2D eigenvalue weighted by Crippen LogP contribution is 2.29. The van der Waals surface area contributed by atoms with E-state index in [0.29, 0.717) is 18.8 Å². The van der Waals surface area contributed by atoms with Crippen molar-refractivity contribution in [3.63, 3.8) is 0 Å². The van der Waals surface area contributed by atoms with E-state index in [9.17, 15) is 19.7 Å². The van der Waals surface area contributed by atoms with E-state index in [2.05, 4.69) is 5.32 Å². The average Bonchev–Trinajstić information content (AvgIpc) is 2.62. The Balaban J connectivity index is 1.96. The van der Waals surface area contributed by atoms with E-state index >= 15 is 0 Å². The fourth-order valence-corrected chi connectivity index (χ4v) is 2.94. The number of carbonyl (C=O) groups is 2. The first-order valence-electron chi connectivity index (χ1n) is 8.45. The molecule has 1 aromatic rings. The number of carbonyl (C=O) groups excluding carboxylic acids is 2. The maximum absolute atomic E-state index is 12.3. The van der Waals surface area contributed by atoms with Crippen LogP contribution in [0.3, 0.4) is 0 Å². The van der Waals surface area contributed by atoms with Gasteiger partial charge in [0.2, 0.25) is 5.91 Å². The molecular weight excluding hydrogens is 342 g/mol. The fraction of sp³-hybridized carbons (Fsp3) is 0.529. The summed E-state index contributed by atoms with van der Waals surface area (Å²) in [7, 11) is 1.38. The molecule has 9 heteroatoms. The molecule has 26 heavy (non-hydrogen) atoms. The Kier molecular flexibility index (Phi) is 6.90. The number of ether oxygens (including phenoxy) is 2. The summed E-state index contributed by atoms with van der Waals surface area (Å²) in [6, 6.07) is 4.00. The molecule has 0 radical (unpaired) electrons. The quantitative estimate of drug-likeness (QED) is 0.446. The molecule has 1 atom stereocenters. The molecule has 0 aliphatic carbocycles. The number of esters is 1. The third kappa shape index (κ3) is 5.16. The minimum absolute atomic E-state index is 0.117. The lowest BCUT2D eigenvalue weighted by atomic mass is 9.98. The van der Waals surface area contributed by atoms with Gasteiger partial charge in [0, 0.05) is 12.6 Å². The van der Waals surface area contributed by atoms with Crippen molar-refractivity contribution < 1.29 is 24.0 Å². The zero-order chi connectivity index (χ0) is 19.1. The summed E-state index contributed by atoms with van der Waals surface area (Å²) in [5.41, 5.74) is 0.246. The second kappa shape index (κ2) is 9.14. The SMILES string of the molecule is CCOC(=O)C1CCCN(CC(=O)Nc2ccc([N+](=O)[O-])cc2OC)C1. The van der Waals surface area contributed by atoms with Gasteiger partial charge < -0.3 is 14.8 Å². The van der Waals surface area contributed by atoms with Crippen molar-refractivity contribution in [3.05, 3.63) is 28.3 Å². The smallest absolute Gasteiger partial charge is 0.310 e. The lowest BCUT2D eigenvalue weighted by Gasteiger charge is -2.30. The van der Waals surface area contributed by atoms with Crippen LogP contribution in [0, 0.1) is 16.0 Å². The number of nitrogens with one attached hydrogen (secondary N) is 1. The second-order valence-electron chi connectivity index (χ2n) is 6.02. The van der Waals surface area contributed by atoms with E-state index in [-0.39, 0.29) is 35.8 Å². The summed E-state index contributed by atoms with van der Waals surface area (Å²) in [6.07, 6.45) is 1.57. The molecule has 0 bridgehead atoms. The van der Waals surface area contributed by atoms with Crippen LogP contribution < -0.4 is 10.1 Å². The van der Waals surface area contributed by atoms with Gasteiger partial charge in [-0.2, -0.15) is 0 Å². The topological polar surface area (TPSA) is 111 Å². The number of rotatable bonds is 7. The summed E-state index contributed by atoms with van der Waals surface area (Å²) in [6.45, 7) is 3.43. The molecular formula is C17H23N3O6. The second-order valence-corrected chi connectivity index (χ2v) is 6.02. The van der Waals surface area contributed by atoms with Crippen molar-refractivity contribution in [2.24, 2.45) is 5.92 Å². The average molecular weight is 365 g/mol. The summed E-state index contributed by atoms with van der Waals surface area (Å²) in [5, 5.41) is 13.5. The van der Waals surface area contributed by atoms with Crippen LogP contribution in [0.2, 0.25) is 0 Å². The third-order valence-corrected chi connectivity index (χ3v) is 4.16. The molecule has 1 unspecified atom stereocenters. The minimum atomic E-state index is -0.530. The summed E-state index contributed by atoms with van der Waals surface area (Å²) >= 11 is 0. The maximum Gasteiger partial charge on any atom is 0.310 e. The van der Waals surface area contributed by atoms with Crippen molar-refractivity contribution >= 4 is 23.3 Å². The Hall–Kier alpha value is -2.68. The van der Waals surface area contributed by atoms with E-state index in [0.717, 1.165) is 19.4 Å². The Morgan fingerprint density at radius 2 is 2.19 bits per heavy atom. The number of amides is 1. The number of benzene rings is 1. The van der Waals surface area contributed by atoms with Gasteiger partial charge in [0.25, 0.3) is 5.69 Å². The van der Waals surface area contributed by atoms with Gasteiger partial charge in [0.1, 0.15) is 5.75 Å². The van der Waals surface area contributed by atoms with Gasteiger partial charge in [0.05, 0.1) is 42.9 Å². The van der Waals surface area contributed by atoms with Crippen LogP contribution in [0.5, 0.6) is 5.75 Å². The van der Waals surface area contributed by atoms with Gasteiger partial charge in [-0.05, 0) is 32.4 Å². The zero-order valence-corrected chi connectivity index (χ0v) is 14.9. The molecule has 1 amide bonds. The number of nitro groups is 1. The fourth-order valence-electron chi connectivity index (χ4n) is 2.94. The lowest BCUT2D eigenvalue weighted by molar-refractivity contribution is -0.384. The van der Waals surface area contributed by atoms with Crippen molar-refractivity contribution in [2.45, 2.75) is 19.8 Å². The van der Waals surface area contributed by atoms with Crippen molar-refractivity contribution in [1.29, 1.82) is 0 Å². The molecule has 2 rings (SSSR count). The van der Waals surface area contributed by atoms with Crippen LogP contribution >= 0.6 is 0 Å². The Morgan fingerprint density at radius 3 is 2.85 bits per heavy atom. The number of nitro benzene ring substituents is 1. The van der Waals surface area contributed by atoms with Crippen LogP contribution in [0.4, 0.5) is 11.4 Å². The van der Waals surface area contributed by atoms with Crippen molar-refractivity contribution in [2.75, 3.05) is 38.7 Å². The highest BCUT2D eigenvalue weighted by Gasteiger charge is 2.28. The van der Waals surface area contributed by atoms with Crippen molar-refractivity contribution in [3.8, 4) is 5.75 Å². The summed E-state index contributed by atoms with van der Waals surface area (Å²) in [5.74, 6) is -0.502. The molecule has 1 saturated heterocycles. The monoisotopic (exact) mass is 365 g/mol. The number of hydrogen-bond donors (Lipinski definition) is 1. The van der Waals surface area contributed by atoms with Crippen molar-refractivity contribution in [1.82, 2.24) is 4.90 Å². The number of anilines is 1. The van der Waals surface area contributed by atoms with Gasteiger partial charge in [-0.25, -0.2) is 0 Å². The molecule has 0 saturated carbocycles. The number of nitrogens with zero attached hydrogens (tertiary/aromatic N) is 2. The van der Waals surface area contributed by atoms with Crippen LogP contribution in [0.1, 0.15) is 19.8 Å². The van der Waals surface area contributed by atoms with Gasteiger partial charge in [-0.3, -0.25) is 24.6 Å². The van der Waals surface area contributed by atoms with Crippen LogP contribution in [-0.2, 0) is 14.3 Å². The standard InChI is InChI=1S/C17H23N3O6/c1-3-26-17(22)12-5-4-8-19(10-12)11-16(21)18-14-7-6-13(20(23)24)9-15(14)25-2/h6-7,9,12H,3-5,8,10-11H2,1-2H3,(H,18,21). The number of non-ortho nitro benzene ring substituents is 1. The first-order valence-corrected chi connectivity index (χ1v) is 8.45. The molecule has 0 spiro atoms. The molecule has 1 aromatic carbocycles. The molecule has 142 valence electrons. The summed E-state index contributed by atoms with van der Waals surface area (Å²) in [4.78, 5) is 36.4. The van der Waals surface area contributed by atoms with E-state index in [1.165, 1.54) is 25.3 Å². The van der Waals surface area contributed by atoms with Gasteiger partial charge in [-0.15, -0.1) is 0 Å². The molecule has 1 fully saturated rings. The normalized spacial score (nSPS) is 17.4. The van der Waals surface area contributed by atoms with E-state index in [4.69, 9.17) is 9.47 Å². The number of methoxy groups -OCH3 is 1. The predicted octanol–water partition coefficient (Wildman–Crippen LogP) is 1.82. The predicted molar refractivity (Wildman–Crippen MR) is 94.1 cm³/mol. The van der Waals surface area contributed by atoms with E-state index in [1.807, 2.05) is 4.90 Å². The van der Waals surface area contributed by atoms with Crippen LogP contribution in [-0.4, -0.2) is 55.1 Å². The molecule has 1 aliphatic rings. The molecule has 0 aromatic heterocycles.